The van der Waals surface area contributed by atoms with E-state index in [0.29, 0.717) is 11.5 Å². The van der Waals surface area contributed by atoms with E-state index in [9.17, 15) is 5.53 Å². The van der Waals surface area contributed by atoms with Gasteiger partial charge in [0.05, 0.1) is 0 Å². The van der Waals surface area contributed by atoms with E-state index in [1.165, 1.54) is 31.2 Å². The normalized spacial score (nSPS) is 43.1. The lowest BCUT2D eigenvalue weighted by atomic mass is 9.82. The molecule has 3 fully saturated rings. The first-order valence-corrected chi connectivity index (χ1v) is 6.66. The van der Waals surface area contributed by atoms with Gasteiger partial charge in [-0.25, -0.2) is 0 Å². The summed E-state index contributed by atoms with van der Waals surface area (Å²) in [6, 6.07) is 4.50. The van der Waals surface area contributed by atoms with Crippen molar-refractivity contribution in [2.75, 3.05) is 0 Å². The number of hydrogen-bond acceptors (Lipinski definition) is 1. The summed E-state index contributed by atoms with van der Waals surface area (Å²) in [6.45, 7) is 0. The first kappa shape index (κ1) is 9.75. The second-order valence-corrected chi connectivity index (χ2v) is 6.07. The Bertz CT molecular complexity index is 484. The third-order valence-electron chi connectivity index (χ3n) is 5.47. The van der Waals surface area contributed by atoms with Gasteiger partial charge in [0.15, 0.2) is 5.54 Å². The Morgan fingerprint density at radius 3 is 3.06 bits per heavy atom. The molecular formula is C14H17N3. The highest BCUT2D eigenvalue weighted by Crippen LogP contribution is 2.65. The average Bonchev–Trinajstić information content (AvgIpc) is 3.01. The Balaban J connectivity index is 1.84. The maximum atomic E-state index is 10.6. The first-order chi connectivity index (χ1) is 8.27. The number of nitrogens with zero attached hydrogens (tertiary/aromatic N) is 3. The molecule has 3 aliphatic rings. The quantitative estimate of drug-likeness (QED) is 0.679. The molecule has 1 spiro atoms. The fourth-order valence-electron chi connectivity index (χ4n) is 4.73. The summed E-state index contributed by atoms with van der Waals surface area (Å²) in [6.07, 6.45) is 11.0. The van der Waals surface area contributed by atoms with Crippen LogP contribution in [0.1, 0.15) is 44.1 Å². The molecule has 2 heterocycles. The maximum Gasteiger partial charge on any atom is 0.179 e. The van der Waals surface area contributed by atoms with Crippen LogP contribution in [0, 0.1) is 5.41 Å². The molecule has 2 saturated carbocycles. The topological polar surface area (TPSA) is 38.2 Å². The Morgan fingerprint density at radius 2 is 2.29 bits per heavy atom. The van der Waals surface area contributed by atoms with Crippen LogP contribution < -0.4 is 0 Å². The predicted octanol–water partition coefficient (Wildman–Crippen LogP) is 3.05. The molecule has 1 aromatic heterocycles. The summed E-state index contributed by atoms with van der Waals surface area (Å²) < 4.78 is 1.69. The van der Waals surface area contributed by atoms with Gasteiger partial charge in [-0.05, 0) is 31.4 Å². The highest BCUT2D eigenvalue weighted by Gasteiger charge is 2.68. The van der Waals surface area contributed by atoms with Crippen molar-refractivity contribution < 1.29 is 4.70 Å². The van der Waals surface area contributed by atoms with Crippen molar-refractivity contribution in [3.05, 3.63) is 35.6 Å². The van der Waals surface area contributed by atoms with E-state index in [1.807, 2.05) is 18.5 Å². The number of piperidine rings is 1. The third-order valence-corrected chi connectivity index (χ3v) is 5.47. The molecular weight excluding hydrogens is 210 g/mol. The molecule has 0 aromatic carbocycles. The fraction of sp³-hybridized carbons (Fsp3) is 0.643. The van der Waals surface area contributed by atoms with E-state index in [2.05, 4.69) is 11.1 Å². The van der Waals surface area contributed by atoms with Gasteiger partial charge < -0.3 is 10.2 Å². The van der Waals surface area contributed by atoms with E-state index in [1.54, 1.807) is 4.70 Å². The van der Waals surface area contributed by atoms with Crippen molar-refractivity contribution in [3.63, 3.8) is 0 Å². The Labute approximate surface area is 101 Å². The van der Waals surface area contributed by atoms with Gasteiger partial charge in [-0.3, -0.25) is 4.98 Å². The van der Waals surface area contributed by atoms with Crippen molar-refractivity contribution in [2.24, 2.45) is 5.41 Å². The van der Waals surface area contributed by atoms with Gasteiger partial charge in [0, 0.05) is 42.6 Å². The predicted molar refractivity (Wildman–Crippen MR) is 63.5 cm³/mol. The highest BCUT2D eigenvalue weighted by molar-refractivity contribution is 5.25. The van der Waals surface area contributed by atoms with Crippen LogP contribution in [-0.2, 0) is 5.54 Å². The molecule has 0 radical (unpaired) electrons. The van der Waals surface area contributed by atoms with Crippen LogP contribution in [0.3, 0.4) is 0 Å². The maximum absolute atomic E-state index is 10.6. The van der Waals surface area contributed by atoms with Gasteiger partial charge in [0.1, 0.15) is 6.04 Å². The second kappa shape index (κ2) is 2.95. The minimum absolute atomic E-state index is 0.126. The molecule has 3 nitrogen and oxygen atoms in total. The summed E-state index contributed by atoms with van der Waals surface area (Å²) in [5.74, 6) is 0. The van der Waals surface area contributed by atoms with E-state index < -0.39 is 0 Å². The van der Waals surface area contributed by atoms with E-state index in [4.69, 9.17) is 0 Å². The molecule has 1 aliphatic heterocycles. The Hall–Kier alpha value is -1.25. The van der Waals surface area contributed by atoms with E-state index >= 15 is 0 Å². The largest absolute Gasteiger partial charge is 0.506 e. The molecule has 88 valence electrons. The molecule has 1 aromatic rings. The summed E-state index contributed by atoms with van der Waals surface area (Å²) in [5.41, 5.74) is 12.1. The monoisotopic (exact) mass is 227 g/mol. The van der Waals surface area contributed by atoms with Crippen molar-refractivity contribution in [1.82, 2.24) is 4.98 Å². The van der Waals surface area contributed by atoms with Crippen LogP contribution in [0.4, 0.5) is 0 Å². The minimum Gasteiger partial charge on any atom is -0.506 e. The van der Waals surface area contributed by atoms with Crippen molar-refractivity contribution in [3.8, 4) is 0 Å². The summed E-state index contributed by atoms with van der Waals surface area (Å²) >= 11 is 0. The molecule has 1 saturated heterocycles. The zero-order chi connectivity index (χ0) is 11.5. The van der Waals surface area contributed by atoms with Gasteiger partial charge in [0.25, 0.3) is 0 Å². The van der Waals surface area contributed by atoms with Crippen LogP contribution >= 0.6 is 0 Å². The number of hydrogen-bond donors (Lipinski definition) is 0. The molecule has 0 amide bonds. The first-order valence-electron chi connectivity index (χ1n) is 6.66. The van der Waals surface area contributed by atoms with Crippen molar-refractivity contribution in [1.29, 1.82) is 0 Å². The average molecular weight is 227 g/mol. The second-order valence-electron chi connectivity index (χ2n) is 6.07. The summed E-state index contributed by atoms with van der Waals surface area (Å²) in [7, 11) is 0. The number of aromatic nitrogens is 1. The SMILES string of the molecule is [N-]=[N+]1C2CCCC23CCC1(c1cccnc1)C3. The molecule has 3 atom stereocenters. The van der Waals surface area contributed by atoms with Gasteiger partial charge >= 0.3 is 0 Å². The molecule has 2 aliphatic carbocycles. The van der Waals surface area contributed by atoms with Crippen LogP contribution in [0.5, 0.6) is 0 Å². The fourth-order valence-corrected chi connectivity index (χ4v) is 4.73. The van der Waals surface area contributed by atoms with Gasteiger partial charge in [-0.1, -0.05) is 0 Å². The van der Waals surface area contributed by atoms with Crippen LogP contribution in [0.2, 0.25) is 0 Å². The molecule has 3 unspecified atom stereocenters. The third kappa shape index (κ3) is 1.01. The van der Waals surface area contributed by atoms with E-state index in [-0.39, 0.29) is 5.54 Å². The zero-order valence-electron chi connectivity index (χ0n) is 9.97. The molecule has 4 rings (SSSR count). The lowest BCUT2D eigenvalue weighted by Gasteiger charge is -2.32. The lowest BCUT2D eigenvalue weighted by Crippen LogP contribution is -2.39. The highest BCUT2D eigenvalue weighted by atomic mass is 15.3. The van der Waals surface area contributed by atoms with Crippen molar-refractivity contribution in [2.45, 2.75) is 50.1 Å². The zero-order valence-corrected chi connectivity index (χ0v) is 9.97. The number of fused-ring (bicyclic) bond motifs is 1. The molecule has 2 bridgehead atoms. The molecule has 0 N–H and O–H groups in total. The minimum atomic E-state index is -0.126. The standard InChI is InChI=1S/C14H17N3/c15-17-12-4-1-5-13(12)6-7-14(17,10-13)11-3-2-8-16-9-11/h2-3,8-9,12H,1,4-7,10H2. The lowest BCUT2D eigenvalue weighted by molar-refractivity contribution is -0.657. The summed E-state index contributed by atoms with van der Waals surface area (Å²) in [5, 5.41) is 0. The molecule has 3 heteroatoms. The number of pyridine rings is 1. The van der Waals surface area contributed by atoms with Crippen LogP contribution in [0.15, 0.2) is 24.5 Å². The smallest absolute Gasteiger partial charge is 0.179 e. The van der Waals surface area contributed by atoms with Gasteiger partial charge in [0.2, 0.25) is 0 Å². The summed E-state index contributed by atoms with van der Waals surface area (Å²) in [4.78, 5) is 4.23. The van der Waals surface area contributed by atoms with Crippen LogP contribution in [-0.4, -0.2) is 15.7 Å². The Morgan fingerprint density at radius 1 is 1.35 bits per heavy atom. The van der Waals surface area contributed by atoms with Gasteiger partial charge in [-0.2, -0.15) is 0 Å². The van der Waals surface area contributed by atoms with Gasteiger partial charge in [-0.15, -0.1) is 0 Å². The Kier molecular flexibility index (Phi) is 1.69. The van der Waals surface area contributed by atoms with E-state index in [0.717, 1.165) is 12.8 Å². The van der Waals surface area contributed by atoms with Crippen molar-refractivity contribution >= 4 is 0 Å². The van der Waals surface area contributed by atoms with Crippen LogP contribution in [0.25, 0.3) is 5.53 Å². The number of rotatable bonds is 1. The molecule has 17 heavy (non-hydrogen) atoms.